The molecule has 0 amide bonds. The van der Waals surface area contributed by atoms with Gasteiger partial charge in [-0.15, -0.1) is 0 Å². The first-order valence-electron chi connectivity index (χ1n) is 11.2. The molecule has 5 aromatic rings. The SMILES string of the molecule is CCOc1c2ccccc2c(OCC)c2c(-c3ccccc3)c(-c3ccccc3)ccc12. The molecule has 0 heterocycles. The van der Waals surface area contributed by atoms with Gasteiger partial charge in [0.25, 0.3) is 0 Å². The number of benzene rings is 5. The third kappa shape index (κ3) is 3.38. The van der Waals surface area contributed by atoms with E-state index in [-0.39, 0.29) is 0 Å². The molecule has 0 saturated heterocycles. The van der Waals surface area contributed by atoms with Crippen LogP contribution in [0.5, 0.6) is 11.5 Å². The van der Waals surface area contributed by atoms with Crippen LogP contribution in [0.4, 0.5) is 0 Å². The van der Waals surface area contributed by atoms with Crippen LogP contribution in [-0.2, 0) is 0 Å². The van der Waals surface area contributed by atoms with Gasteiger partial charge in [-0.25, -0.2) is 0 Å². The lowest BCUT2D eigenvalue weighted by atomic mass is 9.87. The van der Waals surface area contributed by atoms with Crippen LogP contribution in [0, 0.1) is 0 Å². The predicted octanol–water partition coefficient (Wildman–Crippen LogP) is 8.12. The molecule has 0 saturated carbocycles. The van der Waals surface area contributed by atoms with Crippen LogP contribution in [0.25, 0.3) is 43.8 Å². The Bertz CT molecular complexity index is 1370. The van der Waals surface area contributed by atoms with Gasteiger partial charge in [-0.2, -0.15) is 0 Å². The van der Waals surface area contributed by atoms with Gasteiger partial charge >= 0.3 is 0 Å². The number of fused-ring (bicyclic) bond motifs is 2. The van der Waals surface area contributed by atoms with E-state index in [1.54, 1.807) is 0 Å². The van der Waals surface area contributed by atoms with Crippen molar-refractivity contribution < 1.29 is 9.47 Å². The van der Waals surface area contributed by atoms with Crippen molar-refractivity contribution in [3.05, 3.63) is 97.1 Å². The van der Waals surface area contributed by atoms with Gasteiger partial charge in [0.1, 0.15) is 11.5 Å². The van der Waals surface area contributed by atoms with Crippen LogP contribution in [0.15, 0.2) is 97.1 Å². The first-order chi connectivity index (χ1) is 15.8. The van der Waals surface area contributed by atoms with Gasteiger partial charge in [0, 0.05) is 27.1 Å². The maximum absolute atomic E-state index is 6.36. The average Bonchev–Trinajstić information content (AvgIpc) is 2.86. The highest BCUT2D eigenvalue weighted by Crippen LogP contribution is 2.49. The van der Waals surface area contributed by atoms with Gasteiger partial charge in [-0.1, -0.05) is 91.0 Å². The molecule has 2 nitrogen and oxygen atoms in total. The Morgan fingerprint density at radius 3 is 1.66 bits per heavy atom. The van der Waals surface area contributed by atoms with Crippen LogP contribution in [0.3, 0.4) is 0 Å². The van der Waals surface area contributed by atoms with Crippen LogP contribution in [0.2, 0.25) is 0 Å². The van der Waals surface area contributed by atoms with Gasteiger partial charge in [-0.05, 0) is 36.6 Å². The quantitative estimate of drug-likeness (QED) is 0.259. The molecule has 0 atom stereocenters. The minimum atomic E-state index is 0.594. The summed E-state index contributed by atoms with van der Waals surface area (Å²) in [6, 6.07) is 33.9. The summed E-state index contributed by atoms with van der Waals surface area (Å²) in [7, 11) is 0. The van der Waals surface area contributed by atoms with E-state index >= 15 is 0 Å². The van der Waals surface area contributed by atoms with Crippen molar-refractivity contribution in [2.24, 2.45) is 0 Å². The van der Waals surface area contributed by atoms with Crippen molar-refractivity contribution in [1.29, 1.82) is 0 Å². The smallest absolute Gasteiger partial charge is 0.135 e. The van der Waals surface area contributed by atoms with Crippen molar-refractivity contribution in [2.45, 2.75) is 13.8 Å². The van der Waals surface area contributed by atoms with E-state index in [4.69, 9.17) is 9.47 Å². The second-order valence-electron chi connectivity index (χ2n) is 7.71. The summed E-state index contributed by atoms with van der Waals surface area (Å²) in [5.41, 5.74) is 4.70. The highest BCUT2D eigenvalue weighted by atomic mass is 16.5. The minimum absolute atomic E-state index is 0.594. The van der Waals surface area contributed by atoms with Crippen molar-refractivity contribution in [2.75, 3.05) is 13.2 Å². The Morgan fingerprint density at radius 1 is 0.500 bits per heavy atom. The van der Waals surface area contributed by atoms with Crippen LogP contribution < -0.4 is 9.47 Å². The maximum Gasteiger partial charge on any atom is 0.135 e. The molecule has 158 valence electrons. The second kappa shape index (κ2) is 8.76. The Kier molecular flexibility index (Phi) is 5.51. The summed E-state index contributed by atoms with van der Waals surface area (Å²) in [4.78, 5) is 0. The molecule has 5 rings (SSSR count). The van der Waals surface area contributed by atoms with E-state index in [2.05, 4.69) is 97.1 Å². The molecule has 32 heavy (non-hydrogen) atoms. The van der Waals surface area contributed by atoms with Gasteiger partial charge in [0.05, 0.1) is 13.2 Å². The zero-order valence-corrected chi connectivity index (χ0v) is 18.5. The van der Waals surface area contributed by atoms with E-state index in [9.17, 15) is 0 Å². The third-order valence-corrected chi connectivity index (χ3v) is 5.82. The van der Waals surface area contributed by atoms with E-state index in [0.717, 1.165) is 38.6 Å². The van der Waals surface area contributed by atoms with Crippen LogP contribution in [-0.4, -0.2) is 13.2 Å². The largest absolute Gasteiger partial charge is 0.493 e. The molecule has 0 spiro atoms. The van der Waals surface area contributed by atoms with E-state index in [1.165, 1.54) is 16.7 Å². The van der Waals surface area contributed by atoms with Gasteiger partial charge < -0.3 is 9.47 Å². The molecule has 0 aromatic heterocycles. The van der Waals surface area contributed by atoms with E-state index in [0.29, 0.717) is 13.2 Å². The number of ether oxygens (including phenoxy) is 2. The zero-order chi connectivity index (χ0) is 21.9. The summed E-state index contributed by atoms with van der Waals surface area (Å²) in [5.74, 6) is 1.83. The Hall–Kier alpha value is -3.78. The van der Waals surface area contributed by atoms with Crippen LogP contribution in [0.1, 0.15) is 13.8 Å². The Balaban J connectivity index is 2.02. The fourth-order valence-electron chi connectivity index (χ4n) is 4.54. The summed E-state index contributed by atoms with van der Waals surface area (Å²) < 4.78 is 12.6. The Morgan fingerprint density at radius 2 is 1.03 bits per heavy atom. The average molecular weight is 419 g/mol. The van der Waals surface area contributed by atoms with E-state index < -0.39 is 0 Å². The molecule has 0 unspecified atom stereocenters. The standard InChI is InChI=1S/C30H26O2/c1-3-31-29-24-17-11-12-18-25(24)30(32-4-2)28-26(29)20-19-23(21-13-7-5-8-14-21)27(28)22-15-9-6-10-16-22/h5-20H,3-4H2,1-2H3. The lowest BCUT2D eigenvalue weighted by Crippen LogP contribution is -2.00. The molecule has 2 heteroatoms. The predicted molar refractivity (Wildman–Crippen MR) is 135 cm³/mol. The molecule has 5 aromatic carbocycles. The van der Waals surface area contributed by atoms with Crippen molar-refractivity contribution in [3.8, 4) is 33.8 Å². The van der Waals surface area contributed by atoms with Gasteiger partial charge in [-0.3, -0.25) is 0 Å². The highest BCUT2D eigenvalue weighted by Gasteiger charge is 2.22. The molecule has 0 aliphatic heterocycles. The normalized spacial score (nSPS) is 11.1. The highest BCUT2D eigenvalue weighted by molar-refractivity contribution is 6.18. The van der Waals surface area contributed by atoms with E-state index in [1.807, 2.05) is 13.8 Å². The van der Waals surface area contributed by atoms with Gasteiger partial charge in [0.2, 0.25) is 0 Å². The molecular formula is C30H26O2. The topological polar surface area (TPSA) is 18.5 Å². The molecule has 0 aliphatic carbocycles. The summed E-state index contributed by atoms with van der Waals surface area (Å²) in [5, 5.41) is 4.33. The fourth-order valence-corrected chi connectivity index (χ4v) is 4.54. The number of rotatable bonds is 6. The summed E-state index contributed by atoms with van der Waals surface area (Å²) >= 11 is 0. The van der Waals surface area contributed by atoms with Crippen LogP contribution >= 0.6 is 0 Å². The minimum Gasteiger partial charge on any atom is -0.493 e. The lowest BCUT2D eigenvalue weighted by molar-refractivity contribution is 0.342. The monoisotopic (exact) mass is 418 g/mol. The molecule has 0 aliphatic rings. The molecule has 0 radical (unpaired) electrons. The summed E-state index contributed by atoms with van der Waals surface area (Å²) in [6.45, 7) is 5.28. The molecule has 0 N–H and O–H groups in total. The first-order valence-corrected chi connectivity index (χ1v) is 11.2. The Labute approximate surface area is 189 Å². The number of hydrogen-bond donors (Lipinski definition) is 0. The van der Waals surface area contributed by atoms with Crippen molar-refractivity contribution in [3.63, 3.8) is 0 Å². The first kappa shape index (κ1) is 20.1. The lowest BCUT2D eigenvalue weighted by Gasteiger charge is -2.21. The molecule has 0 bridgehead atoms. The third-order valence-electron chi connectivity index (χ3n) is 5.82. The summed E-state index contributed by atoms with van der Waals surface area (Å²) in [6.07, 6.45) is 0. The van der Waals surface area contributed by atoms with Crippen molar-refractivity contribution >= 4 is 21.5 Å². The maximum atomic E-state index is 6.36. The fraction of sp³-hybridized carbons (Fsp3) is 0.133. The second-order valence-corrected chi connectivity index (χ2v) is 7.71. The zero-order valence-electron chi connectivity index (χ0n) is 18.5. The van der Waals surface area contributed by atoms with Gasteiger partial charge in [0.15, 0.2) is 0 Å². The molecular weight excluding hydrogens is 392 g/mol. The molecule has 0 fully saturated rings. The number of hydrogen-bond acceptors (Lipinski definition) is 2. The van der Waals surface area contributed by atoms with Crippen molar-refractivity contribution in [1.82, 2.24) is 0 Å².